The number of carbonyl (C=O) groups excluding carboxylic acids is 1. The van der Waals surface area contributed by atoms with E-state index >= 15 is 0 Å². The molecule has 11 aliphatic heterocycles. The van der Waals surface area contributed by atoms with Gasteiger partial charge in [0.15, 0.2) is 69.2 Å². The first-order chi connectivity index (χ1) is 64.5. The zero-order valence-corrected chi connectivity index (χ0v) is 71.6. The predicted octanol–water partition coefficient (Wildman–Crippen LogP) is -27.4. The summed E-state index contributed by atoms with van der Waals surface area (Å²) in [7, 11) is 0. The highest BCUT2D eigenvalue weighted by molar-refractivity contribution is 5.73. The van der Waals surface area contributed by atoms with Crippen molar-refractivity contribution < 1.29 is 303 Å². The summed E-state index contributed by atoms with van der Waals surface area (Å²) in [5.41, 5.74) is 0. The van der Waals surface area contributed by atoms with E-state index in [0.29, 0.717) is 0 Å². The maximum absolute atomic E-state index is 12.7. The second-order valence-corrected chi connectivity index (χ2v) is 34.2. The van der Waals surface area contributed by atoms with E-state index in [1.54, 1.807) is 0 Å². The van der Waals surface area contributed by atoms with Gasteiger partial charge < -0.3 is 304 Å². The van der Waals surface area contributed by atoms with E-state index in [9.17, 15) is 199 Å². The third-order valence-corrected chi connectivity index (χ3v) is 25.1. The van der Waals surface area contributed by atoms with Crippen molar-refractivity contribution in [2.45, 2.75) is 369 Å². The van der Waals surface area contributed by atoms with Crippen LogP contribution in [0.15, 0.2) is 0 Å². The van der Waals surface area contributed by atoms with Crippen LogP contribution in [-0.2, 0) is 109 Å². The highest BCUT2D eigenvalue weighted by Crippen LogP contribution is 2.42. The van der Waals surface area contributed by atoms with Crippen molar-refractivity contribution in [3.63, 3.8) is 0 Å². The van der Waals surface area contributed by atoms with Gasteiger partial charge >= 0.3 is 0 Å². The summed E-state index contributed by atoms with van der Waals surface area (Å²) in [6, 6.07) is -1.84. The highest BCUT2D eigenvalue weighted by Gasteiger charge is 2.63. The Morgan fingerprint density at radius 1 is 0.235 bits per heavy atom. The van der Waals surface area contributed by atoms with Gasteiger partial charge in [-0.15, -0.1) is 0 Å². The maximum Gasteiger partial charge on any atom is 0.217 e. The molecule has 794 valence electrons. The maximum atomic E-state index is 12.7. The van der Waals surface area contributed by atoms with E-state index in [2.05, 4.69) is 5.32 Å². The molecule has 0 spiro atoms. The topological polar surface area (TPSA) is 1000 Å². The Hall–Kier alpha value is -2.93. The average Bonchev–Trinajstić information content (AvgIpc) is 0.763. The minimum atomic E-state index is -2.72. The zero-order valence-electron chi connectivity index (χ0n) is 71.6. The standard InChI is InChI=1S/C74H127NO61/c1-15(87)75-16(2-76)29(89)55(17(88)3-77)128-70-54(114)59(40(100)28(127-70)13-115-64-51(111)58(129-65-48(108)41(101)30(90)18(4-78)117-65)39(99)27(126-64)14-116-71-60(44(104)33(93)21(7-81)122-71)133-66-49(109)42(102)31(91)19(5-79)118-66)132-73-63(47(107)36(96)23(9-83)124-73)136-74-62(46(106)35(95)24(10-84)125-74)135-69-52(112)56(37(97)25(11-85)121-69)130-68-53(113)57(38(98)26(12-86)120-68)131-72-61(45(105)34(94)22(8-82)123-72)134-67-50(110)43(103)32(92)20(6-80)119-67/h16-74,76-86,88-114H,2-14H2,1H3,(H,75,87)/t16-,17+,18+,19+,20+,21+,22+,23+,24+,25+,26+,27+,28+,29+,30+,31+,32+,33+,34+,35+,36+,37+,38+,39+,40+,41-,42-,43-,44-,45-,46-,47-,48-,49-,50+,51-,52-,53+,54-,55+,56-,57-,58-,59-,60-,61+,62-,63-,64-,65+,66+,67+,68+,69+,70-,71-,72+,73+,74+/m0/s1. The lowest BCUT2D eigenvalue weighted by Crippen LogP contribution is -2.69. The number of aliphatic hydroxyl groups is 38. The molecular weight excluding hydrogens is 1880 g/mol. The molecule has 11 rings (SSSR count). The van der Waals surface area contributed by atoms with Crippen LogP contribution < -0.4 is 5.32 Å². The van der Waals surface area contributed by atoms with Gasteiger partial charge in [-0.05, 0) is 0 Å². The quantitative estimate of drug-likeness (QED) is 0.0272. The van der Waals surface area contributed by atoms with Crippen LogP contribution in [0, 0.1) is 0 Å². The van der Waals surface area contributed by atoms with Gasteiger partial charge in [0.1, 0.15) is 287 Å². The second-order valence-electron chi connectivity index (χ2n) is 34.2. The summed E-state index contributed by atoms with van der Waals surface area (Å²) in [4.78, 5) is 12.4. The largest absolute Gasteiger partial charge is 0.394 e. The van der Waals surface area contributed by atoms with Crippen LogP contribution >= 0.6 is 0 Å². The summed E-state index contributed by atoms with van der Waals surface area (Å²) in [5, 5.41) is 424. The third-order valence-electron chi connectivity index (χ3n) is 25.1. The molecule has 0 aromatic rings. The van der Waals surface area contributed by atoms with Gasteiger partial charge in [0.2, 0.25) is 5.91 Å². The lowest BCUT2D eigenvalue weighted by molar-refractivity contribution is -0.412. The molecule has 0 unspecified atom stereocenters. The van der Waals surface area contributed by atoms with Gasteiger partial charge in [-0.25, -0.2) is 0 Å². The molecule has 62 heteroatoms. The Kier molecular flexibility index (Phi) is 41.7. The van der Waals surface area contributed by atoms with E-state index in [-0.39, 0.29) is 0 Å². The normalized spacial score (nSPS) is 50.4. The number of ether oxygens (including phenoxy) is 22. The first kappa shape index (κ1) is 113. The number of amides is 1. The summed E-state index contributed by atoms with van der Waals surface area (Å²) < 4.78 is 128. The van der Waals surface area contributed by atoms with E-state index in [4.69, 9.17) is 104 Å². The fourth-order valence-electron chi connectivity index (χ4n) is 17.1. The van der Waals surface area contributed by atoms with Crippen LogP contribution in [0.25, 0.3) is 0 Å². The molecule has 11 saturated heterocycles. The number of hydrogen-bond acceptors (Lipinski definition) is 61. The first-order valence-corrected chi connectivity index (χ1v) is 43.1. The summed E-state index contributed by atoms with van der Waals surface area (Å²) >= 11 is 0. The van der Waals surface area contributed by atoms with Crippen LogP contribution in [0.1, 0.15) is 6.92 Å². The summed E-state index contributed by atoms with van der Waals surface area (Å²) in [6.07, 6.45) is -131. The molecule has 62 nitrogen and oxygen atoms in total. The van der Waals surface area contributed by atoms with Crippen LogP contribution in [-0.4, -0.2) is 648 Å². The van der Waals surface area contributed by atoms with Crippen molar-refractivity contribution in [3.8, 4) is 0 Å². The molecule has 0 saturated carbocycles. The number of carbonyl (C=O) groups is 1. The SMILES string of the molecule is CC(=O)N[C@@H](CO)[C@@H](O)[C@H](O[C@@H]1O[C@H](CO[C@H]2O[C@H](CO[C@H]3O[C@H](CO)[C@@H](O)[C@H](O)[C@@H]3O[C@H]3O[C@H](CO)[C@@H](O)[C@H](O)[C@@H]3O)[C@@H](O)[C@H](O[C@H]3O[C@H](CO)[C@@H](O)[C@H](O)[C@@H]3O)[C@@H]2O)[C@@H](O)[C@H](O[C@H]2O[C@H](CO)[C@@H](O)[C@H](O)[C@@H]2O[C@H]2O[C@H](CO)[C@@H](O)[C@H](O)[C@@H]2O[C@H]2O[C@H](CO)[C@@H](O)[C@H](O[C@H]3O[C@H](CO)[C@@H](O)[C@H](O[C@H]4O[C@H](CO)[C@@H](O)[C@H](O)[C@H]4O[C@H]4O[C@H](CO)[C@@H](O)[C@H](O)[C@H]4O)[C@H]3O)[C@@H]2O)[C@@H]1O)[C@H](O)CO. The Bertz CT molecular complexity index is 3540. The molecule has 0 radical (unpaired) electrons. The summed E-state index contributed by atoms with van der Waals surface area (Å²) in [6.45, 7) is -14.5. The fraction of sp³-hybridized carbons (Fsp3) is 0.986. The van der Waals surface area contributed by atoms with Crippen molar-refractivity contribution in [2.75, 3.05) is 85.9 Å². The van der Waals surface area contributed by atoms with Gasteiger partial charge in [0.25, 0.3) is 0 Å². The van der Waals surface area contributed by atoms with Crippen LogP contribution in [0.4, 0.5) is 0 Å². The Balaban J connectivity index is 0.886. The van der Waals surface area contributed by atoms with E-state index in [0.717, 1.165) is 6.92 Å². The lowest BCUT2D eigenvalue weighted by Gasteiger charge is -2.51. The zero-order chi connectivity index (χ0) is 100. The highest BCUT2D eigenvalue weighted by atomic mass is 16.8. The van der Waals surface area contributed by atoms with Gasteiger partial charge in [0.05, 0.1) is 91.9 Å². The number of rotatable bonds is 39. The molecule has 0 aromatic heterocycles. The molecule has 136 heavy (non-hydrogen) atoms. The van der Waals surface area contributed by atoms with Gasteiger partial charge in [-0.2, -0.15) is 0 Å². The molecule has 11 fully saturated rings. The molecule has 59 atom stereocenters. The lowest BCUT2D eigenvalue weighted by atomic mass is 9.95. The van der Waals surface area contributed by atoms with Crippen molar-refractivity contribution in [1.29, 1.82) is 0 Å². The van der Waals surface area contributed by atoms with E-state index in [1.165, 1.54) is 0 Å². The third kappa shape index (κ3) is 24.5. The predicted molar refractivity (Wildman–Crippen MR) is 409 cm³/mol. The van der Waals surface area contributed by atoms with Crippen LogP contribution in [0.2, 0.25) is 0 Å². The van der Waals surface area contributed by atoms with Gasteiger partial charge in [0, 0.05) is 6.92 Å². The van der Waals surface area contributed by atoms with Gasteiger partial charge in [-0.1, -0.05) is 0 Å². The average molecular weight is 2010 g/mol. The molecule has 39 N–H and O–H groups in total. The molecular formula is C74H127NO61. The number of aliphatic hydroxyl groups excluding tert-OH is 38. The first-order valence-electron chi connectivity index (χ1n) is 43.1. The second kappa shape index (κ2) is 50.0. The number of hydrogen-bond donors (Lipinski definition) is 39. The molecule has 11 heterocycles. The van der Waals surface area contributed by atoms with Crippen molar-refractivity contribution in [3.05, 3.63) is 0 Å². The van der Waals surface area contributed by atoms with E-state index < -0.39 is 454 Å². The Morgan fingerprint density at radius 3 is 0.743 bits per heavy atom. The monoisotopic (exact) mass is 2010 g/mol. The summed E-state index contributed by atoms with van der Waals surface area (Å²) in [5.74, 6) is -0.936. The smallest absolute Gasteiger partial charge is 0.217 e. The van der Waals surface area contributed by atoms with Crippen molar-refractivity contribution >= 4 is 5.91 Å². The molecule has 0 aromatic carbocycles. The molecule has 0 bridgehead atoms. The fourth-order valence-corrected chi connectivity index (χ4v) is 17.1. The van der Waals surface area contributed by atoms with Gasteiger partial charge in [-0.3, -0.25) is 4.79 Å². The van der Waals surface area contributed by atoms with Crippen LogP contribution in [0.5, 0.6) is 0 Å². The minimum Gasteiger partial charge on any atom is -0.394 e. The minimum absolute atomic E-state index is 0.913. The molecule has 1 amide bonds. The molecule has 0 aliphatic carbocycles. The Morgan fingerprint density at radius 2 is 0.449 bits per heavy atom. The van der Waals surface area contributed by atoms with Crippen LogP contribution in [0.3, 0.4) is 0 Å². The van der Waals surface area contributed by atoms with E-state index in [1.807, 2.05) is 0 Å². The molecule has 11 aliphatic rings. The van der Waals surface area contributed by atoms with Crippen molar-refractivity contribution in [1.82, 2.24) is 5.32 Å². The number of nitrogens with one attached hydrogen (secondary N) is 1. The Labute approximate surface area is 767 Å². The van der Waals surface area contributed by atoms with Crippen molar-refractivity contribution in [2.24, 2.45) is 0 Å².